The predicted molar refractivity (Wildman–Crippen MR) is 129 cm³/mol. The van der Waals surface area contributed by atoms with E-state index in [1.165, 1.54) is 36.4 Å². The second-order valence-corrected chi connectivity index (χ2v) is 10.7. The average Bonchev–Trinajstić information content (AvgIpc) is 2.72. The van der Waals surface area contributed by atoms with Gasteiger partial charge in [0.05, 0.1) is 22.0 Å². The van der Waals surface area contributed by atoms with Crippen molar-refractivity contribution in [3.63, 3.8) is 0 Å². The number of carbonyl (C=O) groups is 1. The SMILES string of the molecule is CC(C)c1cc(F)cc(Oc2c(Cl)ccc(NC(=O)Cc3ccc(S(C)(=O)=O)cc3)c2Cl)c1. The third kappa shape index (κ3) is 6.47. The molecular formula is C24H22Cl2FNO4S. The van der Waals surface area contributed by atoms with Crippen molar-refractivity contribution in [3.8, 4) is 11.5 Å². The standard InChI is InChI=1S/C24H22Cl2FNO4S/c1-14(2)16-11-17(27)13-18(12-16)32-24-20(25)8-9-21(23(24)26)28-22(29)10-15-4-6-19(7-5-15)33(3,30)31/h4-9,11-14H,10H2,1-3H3,(H,28,29). The van der Waals surface area contributed by atoms with Crippen molar-refractivity contribution in [2.45, 2.75) is 31.1 Å². The molecule has 3 aromatic rings. The predicted octanol–water partition coefficient (Wildman–Crippen LogP) is 6.63. The summed E-state index contributed by atoms with van der Waals surface area (Å²) in [7, 11) is -3.32. The molecule has 0 radical (unpaired) electrons. The van der Waals surface area contributed by atoms with E-state index in [4.69, 9.17) is 27.9 Å². The van der Waals surface area contributed by atoms with Crippen molar-refractivity contribution in [3.05, 3.63) is 81.6 Å². The van der Waals surface area contributed by atoms with Crippen LogP contribution in [0.2, 0.25) is 10.0 Å². The van der Waals surface area contributed by atoms with Crippen LogP contribution >= 0.6 is 23.2 Å². The summed E-state index contributed by atoms with van der Waals surface area (Å²) in [5, 5.41) is 2.96. The quantitative estimate of drug-likeness (QED) is 0.387. The number of hydrogen-bond donors (Lipinski definition) is 1. The molecular weight excluding hydrogens is 488 g/mol. The number of sulfone groups is 1. The van der Waals surface area contributed by atoms with Gasteiger partial charge in [0.2, 0.25) is 5.91 Å². The van der Waals surface area contributed by atoms with Crippen LogP contribution in [0.15, 0.2) is 59.5 Å². The molecule has 174 valence electrons. The molecule has 1 amide bonds. The molecule has 3 aromatic carbocycles. The van der Waals surface area contributed by atoms with Crippen LogP contribution in [0.5, 0.6) is 11.5 Å². The van der Waals surface area contributed by atoms with Gasteiger partial charge in [0.1, 0.15) is 16.6 Å². The van der Waals surface area contributed by atoms with Gasteiger partial charge in [-0.15, -0.1) is 0 Å². The largest absolute Gasteiger partial charge is 0.454 e. The van der Waals surface area contributed by atoms with Crippen molar-refractivity contribution in [2.75, 3.05) is 11.6 Å². The van der Waals surface area contributed by atoms with E-state index in [0.29, 0.717) is 5.56 Å². The number of amides is 1. The first-order chi connectivity index (χ1) is 15.4. The van der Waals surface area contributed by atoms with Crippen LogP contribution in [0.25, 0.3) is 0 Å². The van der Waals surface area contributed by atoms with Crippen molar-refractivity contribution < 1.29 is 22.3 Å². The maximum atomic E-state index is 14.0. The van der Waals surface area contributed by atoms with Crippen LogP contribution in [-0.2, 0) is 21.1 Å². The number of benzene rings is 3. The summed E-state index contributed by atoms with van der Waals surface area (Å²) in [5.41, 5.74) is 1.65. The number of nitrogens with one attached hydrogen (secondary N) is 1. The topological polar surface area (TPSA) is 72.5 Å². The molecule has 3 rings (SSSR count). The molecule has 0 aliphatic rings. The lowest BCUT2D eigenvalue weighted by atomic mass is 10.0. The molecule has 0 atom stereocenters. The molecule has 0 aliphatic heterocycles. The Morgan fingerprint density at radius 1 is 1.06 bits per heavy atom. The van der Waals surface area contributed by atoms with Gasteiger partial charge < -0.3 is 10.1 Å². The summed E-state index contributed by atoms with van der Waals surface area (Å²) in [6.45, 7) is 3.87. The van der Waals surface area contributed by atoms with Gasteiger partial charge in [-0.2, -0.15) is 0 Å². The third-order valence-corrected chi connectivity index (χ3v) is 6.62. The molecule has 5 nitrogen and oxygen atoms in total. The van der Waals surface area contributed by atoms with Gasteiger partial charge in [-0.25, -0.2) is 12.8 Å². The van der Waals surface area contributed by atoms with E-state index in [0.717, 1.165) is 11.8 Å². The Balaban J connectivity index is 1.79. The van der Waals surface area contributed by atoms with E-state index < -0.39 is 15.7 Å². The Labute approximate surface area is 202 Å². The minimum Gasteiger partial charge on any atom is -0.454 e. The van der Waals surface area contributed by atoms with Gasteiger partial charge in [-0.3, -0.25) is 4.79 Å². The second kappa shape index (κ2) is 10.1. The minimum absolute atomic E-state index is 0.000826. The van der Waals surface area contributed by atoms with Crippen LogP contribution in [0, 0.1) is 5.82 Å². The molecule has 0 unspecified atom stereocenters. The zero-order valence-electron chi connectivity index (χ0n) is 18.2. The maximum absolute atomic E-state index is 14.0. The molecule has 0 heterocycles. The lowest BCUT2D eigenvalue weighted by Crippen LogP contribution is -2.15. The molecule has 1 N–H and O–H groups in total. The maximum Gasteiger partial charge on any atom is 0.228 e. The van der Waals surface area contributed by atoms with E-state index in [9.17, 15) is 17.6 Å². The molecule has 0 fully saturated rings. The minimum atomic E-state index is -3.32. The Bertz CT molecular complexity index is 1290. The molecule has 0 aliphatic carbocycles. The Kier molecular flexibility index (Phi) is 7.67. The molecule has 33 heavy (non-hydrogen) atoms. The number of halogens is 3. The lowest BCUT2D eigenvalue weighted by molar-refractivity contribution is -0.115. The molecule has 0 saturated heterocycles. The van der Waals surface area contributed by atoms with Crippen molar-refractivity contribution >= 4 is 44.6 Å². The number of ether oxygens (including phenoxy) is 1. The van der Waals surface area contributed by atoms with Gasteiger partial charge in [-0.1, -0.05) is 49.2 Å². The number of rotatable bonds is 7. The zero-order valence-corrected chi connectivity index (χ0v) is 20.5. The average molecular weight is 510 g/mol. The molecule has 0 saturated carbocycles. The summed E-state index contributed by atoms with van der Waals surface area (Å²) in [4.78, 5) is 12.7. The van der Waals surface area contributed by atoms with Crippen LogP contribution in [-0.4, -0.2) is 20.6 Å². The summed E-state index contributed by atoms with van der Waals surface area (Å²) < 4.78 is 42.9. The van der Waals surface area contributed by atoms with Gasteiger partial charge in [0.25, 0.3) is 0 Å². The molecule has 0 aromatic heterocycles. The molecule has 0 bridgehead atoms. The third-order valence-electron chi connectivity index (χ3n) is 4.82. The molecule has 9 heteroatoms. The normalized spacial score (nSPS) is 11.5. The van der Waals surface area contributed by atoms with Gasteiger partial charge in [-0.05, 0) is 53.4 Å². The first kappa shape index (κ1) is 25.0. The van der Waals surface area contributed by atoms with Crippen molar-refractivity contribution in [1.29, 1.82) is 0 Å². The van der Waals surface area contributed by atoms with E-state index in [1.54, 1.807) is 18.2 Å². The first-order valence-electron chi connectivity index (χ1n) is 9.99. The van der Waals surface area contributed by atoms with Crippen LogP contribution in [0.3, 0.4) is 0 Å². The van der Waals surface area contributed by atoms with Crippen LogP contribution < -0.4 is 10.1 Å². The monoisotopic (exact) mass is 509 g/mol. The highest BCUT2D eigenvalue weighted by Gasteiger charge is 2.17. The van der Waals surface area contributed by atoms with Crippen LogP contribution in [0.1, 0.15) is 30.9 Å². The van der Waals surface area contributed by atoms with Crippen molar-refractivity contribution in [2.24, 2.45) is 0 Å². The van der Waals surface area contributed by atoms with Crippen molar-refractivity contribution in [1.82, 2.24) is 0 Å². The van der Waals surface area contributed by atoms with Gasteiger partial charge in [0, 0.05) is 12.3 Å². The lowest BCUT2D eigenvalue weighted by Gasteiger charge is -2.15. The number of anilines is 1. The van der Waals surface area contributed by atoms with Crippen LogP contribution in [0.4, 0.5) is 10.1 Å². The fraction of sp³-hybridized carbons (Fsp3) is 0.208. The van der Waals surface area contributed by atoms with E-state index in [2.05, 4.69) is 5.32 Å². The highest BCUT2D eigenvalue weighted by Crippen LogP contribution is 2.41. The van der Waals surface area contributed by atoms with Gasteiger partial charge >= 0.3 is 0 Å². The zero-order chi connectivity index (χ0) is 24.3. The Morgan fingerprint density at radius 3 is 2.33 bits per heavy atom. The smallest absolute Gasteiger partial charge is 0.228 e. The summed E-state index contributed by atoms with van der Waals surface area (Å²) in [6.07, 6.45) is 1.12. The first-order valence-corrected chi connectivity index (χ1v) is 12.6. The summed E-state index contributed by atoms with van der Waals surface area (Å²) in [6, 6.07) is 13.5. The number of hydrogen-bond acceptors (Lipinski definition) is 4. The second-order valence-electron chi connectivity index (χ2n) is 7.86. The van der Waals surface area contributed by atoms with E-state index in [-0.39, 0.29) is 50.4 Å². The molecule has 0 spiro atoms. The highest BCUT2D eigenvalue weighted by molar-refractivity contribution is 7.90. The highest BCUT2D eigenvalue weighted by atomic mass is 35.5. The number of carbonyl (C=O) groups excluding carboxylic acids is 1. The van der Waals surface area contributed by atoms with Gasteiger partial charge in [0.15, 0.2) is 15.6 Å². The Hall–Kier alpha value is -2.61. The summed E-state index contributed by atoms with van der Waals surface area (Å²) in [5.74, 6) is -0.406. The summed E-state index contributed by atoms with van der Waals surface area (Å²) >= 11 is 12.7. The fourth-order valence-corrected chi connectivity index (χ4v) is 4.18. The van der Waals surface area contributed by atoms with E-state index in [1.807, 2.05) is 13.8 Å². The Morgan fingerprint density at radius 2 is 1.73 bits per heavy atom. The van der Waals surface area contributed by atoms with E-state index >= 15 is 0 Å². The fourth-order valence-electron chi connectivity index (χ4n) is 3.05.